The van der Waals surface area contributed by atoms with Crippen molar-refractivity contribution in [1.82, 2.24) is 15.0 Å². The number of rotatable bonds is 4. The number of nitrogens with two attached hydrogens (primary N) is 1. The summed E-state index contributed by atoms with van der Waals surface area (Å²) in [7, 11) is 0. The number of carboxylic acids is 1. The third kappa shape index (κ3) is 3.10. The highest BCUT2D eigenvalue weighted by atomic mass is 16.4. The molecule has 0 saturated carbocycles. The maximum Gasteiger partial charge on any atom is 0.335 e. The smallest absolute Gasteiger partial charge is 0.335 e. The van der Waals surface area contributed by atoms with Gasteiger partial charge in [0.25, 0.3) is 5.56 Å². The molecule has 0 amide bonds. The number of H-pyrrole nitrogens is 1. The fraction of sp³-hybridized carbons (Fsp3) is 0.0667. The third-order valence-electron chi connectivity index (χ3n) is 3.23. The minimum Gasteiger partial charge on any atom is -0.478 e. The van der Waals surface area contributed by atoms with Gasteiger partial charge in [-0.15, -0.1) is 0 Å². The molecular formula is C15H13N5O3. The lowest BCUT2D eigenvalue weighted by Crippen LogP contribution is -2.13. The maximum atomic E-state index is 11.8. The van der Waals surface area contributed by atoms with Crippen molar-refractivity contribution in [2.24, 2.45) is 0 Å². The first-order valence-electron chi connectivity index (χ1n) is 6.75. The predicted molar refractivity (Wildman–Crippen MR) is 85.3 cm³/mol. The van der Waals surface area contributed by atoms with Crippen molar-refractivity contribution in [2.45, 2.75) is 6.54 Å². The molecule has 0 aliphatic rings. The van der Waals surface area contributed by atoms with E-state index in [0.717, 1.165) is 5.69 Å². The number of carbonyl (C=O) groups is 1. The monoisotopic (exact) mass is 311 g/mol. The molecule has 0 unspecified atom stereocenters. The molecule has 8 nitrogen and oxygen atoms in total. The van der Waals surface area contributed by atoms with E-state index in [9.17, 15) is 9.59 Å². The molecule has 2 heterocycles. The van der Waals surface area contributed by atoms with Crippen molar-refractivity contribution in [1.29, 1.82) is 0 Å². The Morgan fingerprint density at radius 2 is 1.91 bits per heavy atom. The summed E-state index contributed by atoms with van der Waals surface area (Å²) in [4.78, 5) is 33.3. The van der Waals surface area contributed by atoms with E-state index in [1.165, 1.54) is 12.1 Å². The van der Waals surface area contributed by atoms with Crippen molar-refractivity contribution in [3.8, 4) is 0 Å². The Morgan fingerprint density at radius 3 is 2.61 bits per heavy atom. The second kappa shape index (κ2) is 5.76. The number of hydrogen-bond donors (Lipinski definition) is 4. The first-order valence-corrected chi connectivity index (χ1v) is 6.75. The van der Waals surface area contributed by atoms with Crippen molar-refractivity contribution in [3.63, 3.8) is 0 Å². The number of nitrogens with zero attached hydrogens (tertiary/aromatic N) is 2. The largest absolute Gasteiger partial charge is 0.478 e. The number of fused-ring (bicyclic) bond motifs is 1. The summed E-state index contributed by atoms with van der Waals surface area (Å²) in [6, 6.07) is 9.77. The lowest BCUT2D eigenvalue weighted by molar-refractivity contribution is 0.0697. The van der Waals surface area contributed by atoms with Gasteiger partial charge in [0.15, 0.2) is 5.52 Å². The lowest BCUT2D eigenvalue weighted by Gasteiger charge is -2.07. The normalized spacial score (nSPS) is 10.6. The van der Waals surface area contributed by atoms with Gasteiger partial charge in [0.1, 0.15) is 0 Å². The first-order chi connectivity index (χ1) is 11.0. The van der Waals surface area contributed by atoms with Crippen LogP contribution in [-0.2, 0) is 6.54 Å². The van der Waals surface area contributed by atoms with Gasteiger partial charge in [-0.3, -0.25) is 9.78 Å². The maximum absolute atomic E-state index is 11.8. The third-order valence-corrected chi connectivity index (χ3v) is 3.23. The Kier molecular flexibility index (Phi) is 3.63. The average molecular weight is 311 g/mol. The molecule has 0 aliphatic heterocycles. The van der Waals surface area contributed by atoms with Crippen LogP contribution < -0.4 is 16.6 Å². The number of benzene rings is 1. The Bertz CT molecular complexity index is 934. The molecule has 3 rings (SSSR count). The van der Waals surface area contributed by atoms with Crippen LogP contribution in [0.1, 0.15) is 16.1 Å². The first kappa shape index (κ1) is 14.5. The van der Waals surface area contributed by atoms with Crippen LogP contribution in [0, 0.1) is 0 Å². The molecule has 0 spiro atoms. The number of aromatic amines is 1. The minimum atomic E-state index is -0.973. The van der Waals surface area contributed by atoms with Crippen LogP contribution in [0.4, 0.5) is 11.6 Å². The molecule has 0 atom stereocenters. The summed E-state index contributed by atoms with van der Waals surface area (Å²) >= 11 is 0. The Hall–Kier alpha value is -3.42. The average Bonchev–Trinajstić information content (AvgIpc) is 2.53. The molecule has 0 aliphatic carbocycles. The van der Waals surface area contributed by atoms with Crippen molar-refractivity contribution in [3.05, 3.63) is 58.0 Å². The van der Waals surface area contributed by atoms with Crippen molar-refractivity contribution in [2.75, 3.05) is 11.1 Å². The van der Waals surface area contributed by atoms with Crippen LogP contribution >= 0.6 is 0 Å². The van der Waals surface area contributed by atoms with Crippen LogP contribution in [0.5, 0.6) is 0 Å². The van der Waals surface area contributed by atoms with Crippen LogP contribution in [0.2, 0.25) is 0 Å². The van der Waals surface area contributed by atoms with Crippen LogP contribution in [0.15, 0.2) is 41.2 Å². The number of pyridine rings is 1. The second-order valence-electron chi connectivity index (χ2n) is 4.86. The molecule has 2 aromatic heterocycles. The molecule has 5 N–H and O–H groups in total. The summed E-state index contributed by atoms with van der Waals surface area (Å²) < 4.78 is 0. The lowest BCUT2D eigenvalue weighted by atomic mass is 10.2. The van der Waals surface area contributed by atoms with Gasteiger partial charge in [-0.25, -0.2) is 14.8 Å². The van der Waals surface area contributed by atoms with E-state index >= 15 is 0 Å². The number of carboxylic acid groups (broad SMARTS) is 1. The van der Waals surface area contributed by atoms with E-state index in [1.807, 2.05) is 0 Å². The standard InChI is InChI=1S/C15H13N5O3/c16-15-19-11-6-5-10(18-12(11)13(21)20-15)7-17-9-3-1-8(2-4-9)14(22)23/h1-6,17H,7H2,(H,22,23)(H3,16,19,20,21). The van der Waals surface area contributed by atoms with Gasteiger partial charge >= 0.3 is 5.97 Å². The Balaban J connectivity index is 1.79. The summed E-state index contributed by atoms with van der Waals surface area (Å²) in [6.07, 6.45) is 0. The van der Waals surface area contributed by atoms with Crippen LogP contribution in [0.25, 0.3) is 11.0 Å². The molecular weight excluding hydrogens is 298 g/mol. The van der Waals surface area contributed by atoms with Gasteiger partial charge in [-0.05, 0) is 36.4 Å². The number of hydrogen-bond acceptors (Lipinski definition) is 6. The van der Waals surface area contributed by atoms with E-state index in [-0.39, 0.29) is 22.6 Å². The SMILES string of the molecule is Nc1nc2ccc(CNc3ccc(C(=O)O)cc3)nc2c(=O)[nH]1. The highest BCUT2D eigenvalue weighted by Crippen LogP contribution is 2.12. The number of anilines is 2. The van der Waals surface area contributed by atoms with Gasteiger partial charge in [0.05, 0.1) is 23.3 Å². The highest BCUT2D eigenvalue weighted by molar-refractivity contribution is 5.88. The zero-order valence-electron chi connectivity index (χ0n) is 11.9. The predicted octanol–water partition coefficient (Wildman–Crippen LogP) is 1.21. The van der Waals surface area contributed by atoms with Gasteiger partial charge < -0.3 is 16.2 Å². The van der Waals surface area contributed by atoms with E-state index in [4.69, 9.17) is 10.8 Å². The van der Waals surface area contributed by atoms with Crippen LogP contribution in [-0.4, -0.2) is 26.0 Å². The topological polar surface area (TPSA) is 134 Å². The van der Waals surface area contributed by atoms with Crippen LogP contribution in [0.3, 0.4) is 0 Å². The molecule has 1 aromatic carbocycles. The molecule has 8 heteroatoms. The van der Waals surface area contributed by atoms with E-state index in [0.29, 0.717) is 17.8 Å². The fourth-order valence-corrected chi connectivity index (χ4v) is 2.10. The van der Waals surface area contributed by atoms with Crippen molar-refractivity contribution >= 4 is 28.6 Å². The quantitative estimate of drug-likeness (QED) is 0.569. The fourth-order valence-electron chi connectivity index (χ4n) is 2.10. The molecule has 0 bridgehead atoms. The number of aromatic carboxylic acids is 1. The number of nitrogen functional groups attached to an aromatic ring is 1. The van der Waals surface area contributed by atoms with Gasteiger partial charge in [-0.1, -0.05) is 0 Å². The molecule has 3 aromatic rings. The highest BCUT2D eigenvalue weighted by Gasteiger charge is 2.06. The molecule has 116 valence electrons. The number of aromatic nitrogens is 3. The summed E-state index contributed by atoms with van der Waals surface area (Å²) in [6.45, 7) is 0.381. The zero-order valence-corrected chi connectivity index (χ0v) is 11.9. The molecule has 23 heavy (non-hydrogen) atoms. The second-order valence-corrected chi connectivity index (χ2v) is 4.86. The Morgan fingerprint density at radius 1 is 1.17 bits per heavy atom. The number of nitrogens with one attached hydrogen (secondary N) is 2. The van der Waals surface area contributed by atoms with Crippen molar-refractivity contribution < 1.29 is 9.90 Å². The minimum absolute atomic E-state index is 0.0497. The summed E-state index contributed by atoms with van der Waals surface area (Å²) in [5, 5.41) is 12.0. The zero-order chi connectivity index (χ0) is 16.4. The Labute approximate surface area is 130 Å². The molecule has 0 saturated heterocycles. The summed E-state index contributed by atoms with van der Waals surface area (Å²) in [5.74, 6) is -0.924. The molecule has 0 fully saturated rings. The van der Waals surface area contributed by atoms with Gasteiger partial charge in [-0.2, -0.15) is 0 Å². The van der Waals surface area contributed by atoms with Gasteiger partial charge in [0, 0.05) is 5.69 Å². The van der Waals surface area contributed by atoms with Gasteiger partial charge in [0.2, 0.25) is 5.95 Å². The van der Waals surface area contributed by atoms with E-state index in [2.05, 4.69) is 20.3 Å². The van der Waals surface area contributed by atoms with E-state index < -0.39 is 5.97 Å². The molecule has 0 radical (unpaired) electrons. The summed E-state index contributed by atoms with van der Waals surface area (Å²) in [5.41, 5.74) is 7.37. The van der Waals surface area contributed by atoms with E-state index in [1.54, 1.807) is 24.3 Å².